The Bertz CT molecular complexity index is 722. The number of Topliss-reactive ketones (excluding diaryl/α,β-unsaturated/α-hetero) is 2. The fraction of sp³-hybridized carbons (Fsp3) is 0.263. The molecule has 0 fully saturated rings. The number of carbonyl (C=O) groups excluding carboxylic acids is 2. The predicted molar refractivity (Wildman–Crippen MR) is 89.6 cm³/mol. The minimum Gasteiger partial charge on any atom is -0.457 e. The molecule has 2 aromatic carbocycles. The van der Waals surface area contributed by atoms with Crippen LogP contribution in [0.4, 0.5) is 0 Å². The summed E-state index contributed by atoms with van der Waals surface area (Å²) in [5.74, 6) is 0.335. The predicted octanol–water partition coefficient (Wildman–Crippen LogP) is 3.00. The van der Waals surface area contributed by atoms with E-state index in [9.17, 15) is 19.8 Å². The van der Waals surface area contributed by atoms with Crippen molar-refractivity contribution in [1.29, 1.82) is 0 Å². The molecule has 1 atom stereocenters. The summed E-state index contributed by atoms with van der Waals surface area (Å²) in [5.41, 5.74) is -0.620. The van der Waals surface area contributed by atoms with E-state index in [0.717, 1.165) is 0 Å². The lowest BCUT2D eigenvalue weighted by molar-refractivity contribution is 0.0488. The molecule has 0 spiro atoms. The molecule has 0 amide bonds. The van der Waals surface area contributed by atoms with Crippen molar-refractivity contribution in [1.82, 2.24) is 0 Å². The van der Waals surface area contributed by atoms with Crippen LogP contribution in [0.3, 0.4) is 0 Å². The lowest BCUT2D eigenvalue weighted by Crippen LogP contribution is -2.30. The van der Waals surface area contributed by atoms with Gasteiger partial charge in [0.1, 0.15) is 23.2 Å². The molecule has 5 nitrogen and oxygen atoms in total. The summed E-state index contributed by atoms with van der Waals surface area (Å²) < 4.78 is 5.65. The Hall–Kier alpha value is -2.50. The van der Waals surface area contributed by atoms with Crippen LogP contribution in [0, 0.1) is 0 Å². The van der Waals surface area contributed by atoms with Crippen molar-refractivity contribution in [2.24, 2.45) is 0 Å². The molecule has 5 heteroatoms. The van der Waals surface area contributed by atoms with E-state index in [1.807, 2.05) is 0 Å². The highest BCUT2D eigenvalue weighted by Crippen LogP contribution is 2.23. The lowest BCUT2D eigenvalue weighted by Gasteiger charge is -2.15. The zero-order chi connectivity index (χ0) is 17.9. The summed E-state index contributed by atoms with van der Waals surface area (Å²) >= 11 is 0. The maximum atomic E-state index is 11.9. The van der Waals surface area contributed by atoms with Gasteiger partial charge in [0, 0.05) is 11.1 Å². The summed E-state index contributed by atoms with van der Waals surface area (Å²) in [5, 5.41) is 19.0. The second-order valence-corrected chi connectivity index (χ2v) is 6.08. The second-order valence-electron chi connectivity index (χ2n) is 6.08. The molecule has 1 unspecified atom stereocenters. The minimum absolute atomic E-state index is 0.351. The van der Waals surface area contributed by atoms with Gasteiger partial charge in [0.15, 0.2) is 11.6 Å². The van der Waals surface area contributed by atoms with Crippen molar-refractivity contribution in [3.05, 3.63) is 59.7 Å². The Morgan fingerprint density at radius 3 is 1.71 bits per heavy atom. The maximum Gasteiger partial charge on any atom is 0.193 e. The van der Waals surface area contributed by atoms with Crippen LogP contribution in [0.5, 0.6) is 11.5 Å². The molecule has 126 valence electrons. The maximum absolute atomic E-state index is 11.9. The van der Waals surface area contributed by atoms with E-state index in [1.54, 1.807) is 48.5 Å². The third-order valence-electron chi connectivity index (χ3n) is 3.43. The molecule has 0 aromatic heterocycles. The number of ketones is 2. The summed E-state index contributed by atoms with van der Waals surface area (Å²) in [6.45, 7) is 4.30. The Morgan fingerprint density at radius 2 is 1.33 bits per heavy atom. The topological polar surface area (TPSA) is 83.8 Å². The standard InChI is InChI=1S/C19H20O5/c1-12(20)17(21)13-4-8-15(9-5-13)24-16-10-6-14(7-11-16)18(22)19(2,3)23/h4-12,20,23H,1-3H3. The Kier molecular flexibility index (Phi) is 5.17. The van der Waals surface area contributed by atoms with E-state index >= 15 is 0 Å². The van der Waals surface area contributed by atoms with Crippen molar-refractivity contribution in [2.45, 2.75) is 32.5 Å². The Labute approximate surface area is 140 Å². The number of rotatable bonds is 6. The average Bonchev–Trinajstić information content (AvgIpc) is 2.54. The minimum atomic E-state index is -1.42. The van der Waals surface area contributed by atoms with Crippen molar-refractivity contribution in [2.75, 3.05) is 0 Å². The van der Waals surface area contributed by atoms with Gasteiger partial charge in [-0.2, -0.15) is 0 Å². The Morgan fingerprint density at radius 1 is 0.917 bits per heavy atom. The quantitative estimate of drug-likeness (QED) is 0.796. The van der Waals surface area contributed by atoms with Crippen LogP contribution in [-0.2, 0) is 0 Å². The first-order valence-corrected chi connectivity index (χ1v) is 7.56. The van der Waals surface area contributed by atoms with Crippen molar-refractivity contribution in [3.8, 4) is 11.5 Å². The van der Waals surface area contributed by atoms with Gasteiger partial charge in [-0.3, -0.25) is 9.59 Å². The van der Waals surface area contributed by atoms with Crippen LogP contribution in [0.1, 0.15) is 41.5 Å². The monoisotopic (exact) mass is 328 g/mol. The van der Waals surface area contributed by atoms with Gasteiger partial charge >= 0.3 is 0 Å². The summed E-state index contributed by atoms with van der Waals surface area (Å²) in [4.78, 5) is 23.6. The van der Waals surface area contributed by atoms with Gasteiger partial charge < -0.3 is 14.9 Å². The number of carbonyl (C=O) groups is 2. The first kappa shape index (κ1) is 17.8. The third kappa shape index (κ3) is 4.28. The van der Waals surface area contributed by atoms with Crippen LogP contribution in [0.15, 0.2) is 48.5 Å². The molecule has 0 saturated heterocycles. The number of aliphatic hydroxyl groups is 2. The number of hydrogen-bond donors (Lipinski definition) is 2. The van der Waals surface area contributed by atoms with Crippen LogP contribution in [0.25, 0.3) is 0 Å². The molecule has 0 aliphatic heterocycles. The van der Waals surface area contributed by atoms with E-state index in [0.29, 0.717) is 22.6 Å². The highest BCUT2D eigenvalue weighted by Gasteiger charge is 2.25. The zero-order valence-corrected chi connectivity index (χ0v) is 13.8. The Balaban J connectivity index is 2.09. The molecular formula is C19H20O5. The van der Waals surface area contributed by atoms with E-state index in [1.165, 1.54) is 20.8 Å². The number of ether oxygens (including phenoxy) is 1. The first-order chi connectivity index (χ1) is 11.2. The first-order valence-electron chi connectivity index (χ1n) is 7.56. The SMILES string of the molecule is CC(O)C(=O)c1ccc(Oc2ccc(C(=O)C(C)(C)O)cc2)cc1. The highest BCUT2D eigenvalue weighted by atomic mass is 16.5. The normalized spacial score (nSPS) is 12.5. The molecule has 24 heavy (non-hydrogen) atoms. The van der Waals surface area contributed by atoms with E-state index < -0.39 is 11.7 Å². The summed E-state index contributed by atoms with van der Waals surface area (Å²) in [6.07, 6.45) is -1.04. The fourth-order valence-electron chi connectivity index (χ4n) is 2.09. The van der Waals surface area contributed by atoms with Gasteiger partial charge in [-0.15, -0.1) is 0 Å². The second kappa shape index (κ2) is 6.95. The molecule has 0 heterocycles. The molecule has 0 aliphatic carbocycles. The largest absolute Gasteiger partial charge is 0.457 e. The smallest absolute Gasteiger partial charge is 0.193 e. The van der Waals surface area contributed by atoms with Crippen LogP contribution < -0.4 is 4.74 Å². The third-order valence-corrected chi connectivity index (χ3v) is 3.43. The van der Waals surface area contributed by atoms with Crippen LogP contribution in [-0.4, -0.2) is 33.5 Å². The fourth-order valence-corrected chi connectivity index (χ4v) is 2.09. The molecule has 0 radical (unpaired) electrons. The molecule has 2 aromatic rings. The lowest BCUT2D eigenvalue weighted by atomic mass is 9.97. The van der Waals surface area contributed by atoms with Crippen molar-refractivity contribution < 1.29 is 24.5 Å². The zero-order valence-electron chi connectivity index (χ0n) is 13.8. The van der Waals surface area contributed by atoms with Gasteiger partial charge in [0.25, 0.3) is 0 Å². The molecule has 2 rings (SSSR count). The van der Waals surface area contributed by atoms with Crippen molar-refractivity contribution in [3.63, 3.8) is 0 Å². The van der Waals surface area contributed by atoms with Crippen LogP contribution in [0.2, 0.25) is 0 Å². The molecule has 0 aliphatic rings. The van der Waals surface area contributed by atoms with E-state index in [4.69, 9.17) is 4.74 Å². The summed E-state index contributed by atoms with van der Waals surface area (Å²) in [6, 6.07) is 12.9. The summed E-state index contributed by atoms with van der Waals surface area (Å²) in [7, 11) is 0. The molecule has 2 N–H and O–H groups in total. The molecular weight excluding hydrogens is 308 g/mol. The van der Waals surface area contributed by atoms with Gasteiger partial charge in [-0.05, 0) is 69.3 Å². The van der Waals surface area contributed by atoms with E-state index in [-0.39, 0.29) is 11.6 Å². The average molecular weight is 328 g/mol. The van der Waals surface area contributed by atoms with Crippen molar-refractivity contribution >= 4 is 11.6 Å². The van der Waals surface area contributed by atoms with Gasteiger partial charge in [-0.1, -0.05) is 0 Å². The van der Waals surface area contributed by atoms with Gasteiger partial charge in [0.05, 0.1) is 0 Å². The molecule has 0 bridgehead atoms. The number of hydrogen-bond acceptors (Lipinski definition) is 5. The molecule has 0 saturated carbocycles. The van der Waals surface area contributed by atoms with E-state index in [2.05, 4.69) is 0 Å². The van der Waals surface area contributed by atoms with Gasteiger partial charge in [0.2, 0.25) is 0 Å². The highest BCUT2D eigenvalue weighted by molar-refractivity contribution is 6.01. The van der Waals surface area contributed by atoms with Crippen LogP contribution >= 0.6 is 0 Å². The number of benzene rings is 2. The number of aliphatic hydroxyl groups excluding tert-OH is 1. The van der Waals surface area contributed by atoms with Gasteiger partial charge in [-0.25, -0.2) is 0 Å².